The normalized spacial score (nSPS) is 17.0. The second kappa shape index (κ2) is 7.03. The van der Waals surface area contributed by atoms with Crippen molar-refractivity contribution in [2.24, 2.45) is 0 Å². The van der Waals surface area contributed by atoms with Crippen LogP contribution in [0.25, 0.3) is 10.9 Å². The molecule has 3 nitrogen and oxygen atoms in total. The molecule has 0 aliphatic carbocycles. The van der Waals surface area contributed by atoms with Crippen molar-refractivity contribution in [2.45, 2.75) is 13.0 Å². The van der Waals surface area contributed by atoms with Crippen LogP contribution in [-0.4, -0.2) is 36.1 Å². The van der Waals surface area contributed by atoms with Gasteiger partial charge in [-0.2, -0.15) is 0 Å². The highest BCUT2D eigenvalue weighted by molar-refractivity contribution is 6.30. The molecule has 2 aromatic carbocycles. The van der Waals surface area contributed by atoms with E-state index in [1.54, 1.807) is 0 Å². The number of fused-ring (bicyclic) bond motifs is 1. The molecule has 1 aliphatic rings. The summed E-state index contributed by atoms with van der Waals surface area (Å²) in [5.74, 6) is 1.08. The number of rotatable bonds is 3. The average Bonchev–Trinajstić information content (AvgIpc) is 2.68. The zero-order valence-electron chi connectivity index (χ0n) is 14.4. The molecule has 0 N–H and O–H groups in total. The zero-order valence-corrected chi connectivity index (χ0v) is 15.2. The van der Waals surface area contributed by atoms with E-state index in [1.165, 1.54) is 10.9 Å². The van der Waals surface area contributed by atoms with Gasteiger partial charge in [-0.05, 0) is 42.8 Å². The van der Waals surface area contributed by atoms with Crippen LogP contribution in [0, 0.1) is 0 Å². The number of pyridine rings is 1. The van der Waals surface area contributed by atoms with Crippen LogP contribution in [0.1, 0.15) is 18.5 Å². The molecule has 4 heteroatoms. The highest BCUT2D eigenvalue weighted by atomic mass is 35.5. The van der Waals surface area contributed by atoms with E-state index in [0.717, 1.165) is 42.5 Å². The van der Waals surface area contributed by atoms with Gasteiger partial charge in [0.1, 0.15) is 5.82 Å². The summed E-state index contributed by atoms with van der Waals surface area (Å²) < 4.78 is 0. The fourth-order valence-electron chi connectivity index (χ4n) is 3.52. The summed E-state index contributed by atoms with van der Waals surface area (Å²) in [7, 11) is 0. The van der Waals surface area contributed by atoms with Gasteiger partial charge in [-0.1, -0.05) is 41.9 Å². The smallest absolute Gasteiger partial charge is 0.129 e. The number of para-hydroxylation sites is 1. The van der Waals surface area contributed by atoms with Crippen molar-refractivity contribution in [1.29, 1.82) is 0 Å². The first-order valence-electron chi connectivity index (χ1n) is 8.81. The first-order valence-corrected chi connectivity index (χ1v) is 9.19. The minimum Gasteiger partial charge on any atom is -0.354 e. The highest BCUT2D eigenvalue weighted by Gasteiger charge is 2.22. The van der Waals surface area contributed by atoms with Crippen LogP contribution in [0.4, 0.5) is 5.82 Å². The van der Waals surface area contributed by atoms with Crippen molar-refractivity contribution >= 4 is 28.3 Å². The van der Waals surface area contributed by atoms with Crippen LogP contribution in [0.15, 0.2) is 60.7 Å². The van der Waals surface area contributed by atoms with Gasteiger partial charge in [0.25, 0.3) is 0 Å². The molecule has 1 aromatic heterocycles. The monoisotopic (exact) mass is 351 g/mol. The van der Waals surface area contributed by atoms with Crippen molar-refractivity contribution in [3.8, 4) is 0 Å². The Morgan fingerprint density at radius 3 is 2.36 bits per heavy atom. The topological polar surface area (TPSA) is 19.4 Å². The predicted molar refractivity (Wildman–Crippen MR) is 105 cm³/mol. The second-order valence-electron chi connectivity index (χ2n) is 6.61. The van der Waals surface area contributed by atoms with E-state index in [4.69, 9.17) is 16.6 Å². The largest absolute Gasteiger partial charge is 0.354 e. The van der Waals surface area contributed by atoms with E-state index >= 15 is 0 Å². The fourth-order valence-corrected chi connectivity index (χ4v) is 3.65. The molecule has 0 bridgehead atoms. The minimum absolute atomic E-state index is 0.406. The molecule has 2 heterocycles. The van der Waals surface area contributed by atoms with Crippen molar-refractivity contribution in [3.63, 3.8) is 0 Å². The van der Waals surface area contributed by atoms with Gasteiger partial charge in [-0.15, -0.1) is 0 Å². The molecular weight excluding hydrogens is 330 g/mol. The van der Waals surface area contributed by atoms with Gasteiger partial charge in [0.2, 0.25) is 0 Å². The summed E-state index contributed by atoms with van der Waals surface area (Å²) in [4.78, 5) is 9.74. The van der Waals surface area contributed by atoms with Crippen molar-refractivity contribution in [2.75, 3.05) is 31.1 Å². The summed E-state index contributed by atoms with van der Waals surface area (Å²) >= 11 is 6.00. The van der Waals surface area contributed by atoms with Gasteiger partial charge >= 0.3 is 0 Å². The van der Waals surface area contributed by atoms with E-state index in [9.17, 15) is 0 Å². The summed E-state index contributed by atoms with van der Waals surface area (Å²) in [6.07, 6.45) is 0. The quantitative estimate of drug-likeness (QED) is 0.677. The third kappa shape index (κ3) is 3.48. The minimum atomic E-state index is 0.406. The van der Waals surface area contributed by atoms with Gasteiger partial charge in [0.15, 0.2) is 0 Å². The van der Waals surface area contributed by atoms with E-state index in [0.29, 0.717) is 6.04 Å². The molecule has 1 fully saturated rings. The lowest BCUT2D eigenvalue weighted by molar-refractivity contribution is 0.198. The molecule has 25 heavy (non-hydrogen) atoms. The number of halogens is 1. The fraction of sp³-hybridized carbons (Fsp3) is 0.286. The summed E-state index contributed by atoms with van der Waals surface area (Å²) in [5.41, 5.74) is 2.39. The Hall–Kier alpha value is -2.10. The van der Waals surface area contributed by atoms with Crippen LogP contribution in [0.5, 0.6) is 0 Å². The number of anilines is 1. The maximum absolute atomic E-state index is 6.00. The lowest BCUT2D eigenvalue weighted by atomic mass is 10.1. The van der Waals surface area contributed by atoms with Crippen LogP contribution >= 0.6 is 11.6 Å². The van der Waals surface area contributed by atoms with Crippen LogP contribution < -0.4 is 4.90 Å². The van der Waals surface area contributed by atoms with Crippen molar-refractivity contribution in [3.05, 3.63) is 71.2 Å². The Labute approximate surface area is 153 Å². The first-order chi connectivity index (χ1) is 12.2. The number of hydrogen-bond acceptors (Lipinski definition) is 3. The molecule has 0 saturated carbocycles. The Kier molecular flexibility index (Phi) is 4.60. The molecule has 128 valence electrons. The van der Waals surface area contributed by atoms with Gasteiger partial charge in [-0.25, -0.2) is 4.98 Å². The predicted octanol–water partition coefficient (Wildman–Crippen LogP) is 4.77. The number of piperazine rings is 1. The highest BCUT2D eigenvalue weighted by Crippen LogP contribution is 2.25. The van der Waals surface area contributed by atoms with Gasteiger partial charge in [-0.3, -0.25) is 4.90 Å². The number of aromatic nitrogens is 1. The van der Waals surface area contributed by atoms with E-state index in [-0.39, 0.29) is 0 Å². The van der Waals surface area contributed by atoms with Gasteiger partial charge < -0.3 is 4.90 Å². The number of hydrogen-bond donors (Lipinski definition) is 0. The summed E-state index contributed by atoms with van der Waals surface area (Å²) in [6, 6.07) is 21.2. The Balaban J connectivity index is 1.44. The van der Waals surface area contributed by atoms with Crippen molar-refractivity contribution < 1.29 is 0 Å². The SMILES string of the molecule is C[C@H](c1ccc(Cl)cc1)N1CCN(c2ccc3ccccc3n2)CC1. The molecule has 4 rings (SSSR count). The summed E-state index contributed by atoms with van der Waals surface area (Å²) in [6.45, 7) is 6.36. The standard InChI is InChI=1S/C21H22ClN3/c1-16(17-6-9-19(22)10-7-17)24-12-14-25(15-13-24)21-11-8-18-4-2-3-5-20(18)23-21/h2-11,16H,12-15H2,1H3/t16-/m1/s1. The molecule has 1 saturated heterocycles. The van der Waals surface area contributed by atoms with Crippen LogP contribution in [-0.2, 0) is 0 Å². The van der Waals surface area contributed by atoms with E-state index in [2.05, 4.69) is 59.2 Å². The number of benzene rings is 2. The van der Waals surface area contributed by atoms with Crippen LogP contribution in [0.2, 0.25) is 5.02 Å². The third-order valence-corrected chi connectivity index (χ3v) is 5.37. The van der Waals surface area contributed by atoms with E-state index < -0.39 is 0 Å². The summed E-state index contributed by atoms with van der Waals surface area (Å²) in [5, 5.41) is 1.99. The molecule has 0 unspecified atom stereocenters. The number of nitrogens with zero attached hydrogens (tertiary/aromatic N) is 3. The average molecular weight is 352 g/mol. The lowest BCUT2D eigenvalue weighted by Gasteiger charge is -2.38. The molecule has 1 atom stereocenters. The lowest BCUT2D eigenvalue weighted by Crippen LogP contribution is -2.47. The Morgan fingerprint density at radius 1 is 0.880 bits per heavy atom. The molecule has 1 aliphatic heterocycles. The first kappa shape index (κ1) is 16.4. The Morgan fingerprint density at radius 2 is 1.60 bits per heavy atom. The van der Waals surface area contributed by atoms with Gasteiger partial charge in [0, 0.05) is 42.6 Å². The maximum atomic E-state index is 6.00. The van der Waals surface area contributed by atoms with Crippen LogP contribution in [0.3, 0.4) is 0 Å². The maximum Gasteiger partial charge on any atom is 0.129 e. The molecule has 3 aromatic rings. The Bertz CT molecular complexity index is 854. The molecule has 0 amide bonds. The van der Waals surface area contributed by atoms with Crippen molar-refractivity contribution in [1.82, 2.24) is 9.88 Å². The van der Waals surface area contributed by atoms with E-state index in [1.807, 2.05) is 18.2 Å². The molecule has 0 spiro atoms. The molecule has 0 radical (unpaired) electrons. The second-order valence-corrected chi connectivity index (χ2v) is 7.05. The third-order valence-electron chi connectivity index (χ3n) is 5.12. The molecular formula is C21H22ClN3. The van der Waals surface area contributed by atoms with Gasteiger partial charge in [0.05, 0.1) is 5.52 Å². The zero-order chi connectivity index (χ0) is 17.2.